The molecule has 120 valence electrons. The Bertz CT molecular complexity index is 842. The summed E-state index contributed by atoms with van der Waals surface area (Å²) in [4.78, 5) is 36.1. The maximum Gasteiger partial charge on any atom is 0.343 e. The van der Waals surface area contributed by atoms with Crippen molar-refractivity contribution < 1.29 is 14.3 Å². The van der Waals surface area contributed by atoms with Gasteiger partial charge < -0.3 is 4.74 Å². The molecule has 0 aliphatic rings. The number of hydrogen-bond donors (Lipinski definition) is 0. The SMILES string of the molecule is CCOC(=O)c1cc(C(C)=O)nn(-c2ccc(C)c(Cl)c2)c1=O. The summed E-state index contributed by atoms with van der Waals surface area (Å²) in [5.74, 6) is -1.17. The van der Waals surface area contributed by atoms with Crippen LogP contribution in [-0.4, -0.2) is 28.1 Å². The molecule has 0 aliphatic carbocycles. The Morgan fingerprint density at radius 2 is 2.00 bits per heavy atom. The molecule has 0 bridgehead atoms. The van der Waals surface area contributed by atoms with Gasteiger partial charge in [0.15, 0.2) is 5.78 Å². The predicted molar refractivity (Wildman–Crippen MR) is 85.5 cm³/mol. The van der Waals surface area contributed by atoms with E-state index in [1.807, 2.05) is 6.92 Å². The number of halogens is 1. The van der Waals surface area contributed by atoms with Crippen molar-refractivity contribution >= 4 is 23.4 Å². The average molecular weight is 335 g/mol. The van der Waals surface area contributed by atoms with E-state index in [9.17, 15) is 14.4 Å². The van der Waals surface area contributed by atoms with Crippen LogP contribution in [-0.2, 0) is 4.74 Å². The van der Waals surface area contributed by atoms with Crippen molar-refractivity contribution in [2.24, 2.45) is 0 Å². The molecule has 0 unspecified atom stereocenters. The summed E-state index contributed by atoms with van der Waals surface area (Å²) < 4.78 is 5.84. The van der Waals surface area contributed by atoms with Gasteiger partial charge in [0, 0.05) is 11.9 Å². The van der Waals surface area contributed by atoms with Gasteiger partial charge in [-0.05, 0) is 37.6 Å². The van der Waals surface area contributed by atoms with E-state index in [1.165, 1.54) is 6.92 Å². The largest absolute Gasteiger partial charge is 0.462 e. The molecule has 0 aliphatic heterocycles. The highest BCUT2D eigenvalue weighted by atomic mass is 35.5. The van der Waals surface area contributed by atoms with Crippen LogP contribution in [0.3, 0.4) is 0 Å². The third-order valence-electron chi connectivity index (χ3n) is 3.17. The van der Waals surface area contributed by atoms with Gasteiger partial charge in [0.1, 0.15) is 11.3 Å². The van der Waals surface area contributed by atoms with Gasteiger partial charge in [-0.25, -0.2) is 4.79 Å². The number of esters is 1. The van der Waals surface area contributed by atoms with Crippen LogP contribution >= 0.6 is 11.6 Å². The lowest BCUT2D eigenvalue weighted by molar-refractivity contribution is 0.0523. The summed E-state index contributed by atoms with van der Waals surface area (Å²) >= 11 is 6.07. The smallest absolute Gasteiger partial charge is 0.343 e. The van der Waals surface area contributed by atoms with Gasteiger partial charge >= 0.3 is 5.97 Å². The van der Waals surface area contributed by atoms with Crippen LogP contribution in [0.25, 0.3) is 5.69 Å². The van der Waals surface area contributed by atoms with Crippen molar-refractivity contribution in [3.63, 3.8) is 0 Å². The Balaban J connectivity index is 2.71. The standard InChI is InChI=1S/C16H15ClN2O4/c1-4-23-16(22)12-8-14(10(3)20)18-19(15(12)21)11-6-5-9(2)13(17)7-11/h5-8H,4H2,1-3H3. The van der Waals surface area contributed by atoms with Crippen molar-refractivity contribution in [1.82, 2.24) is 9.78 Å². The molecule has 0 radical (unpaired) electrons. The molecule has 23 heavy (non-hydrogen) atoms. The van der Waals surface area contributed by atoms with Crippen molar-refractivity contribution in [3.05, 3.63) is 56.5 Å². The van der Waals surface area contributed by atoms with Crippen molar-refractivity contribution in [2.75, 3.05) is 6.61 Å². The lowest BCUT2D eigenvalue weighted by Gasteiger charge is -2.10. The minimum absolute atomic E-state index is 0.00986. The Hall–Kier alpha value is -2.47. The van der Waals surface area contributed by atoms with Gasteiger partial charge in [-0.2, -0.15) is 9.78 Å². The van der Waals surface area contributed by atoms with Crippen LogP contribution < -0.4 is 5.56 Å². The number of ether oxygens (including phenoxy) is 1. The molecule has 6 nitrogen and oxygen atoms in total. The molecule has 0 saturated heterocycles. The van der Waals surface area contributed by atoms with Crippen molar-refractivity contribution in [2.45, 2.75) is 20.8 Å². The van der Waals surface area contributed by atoms with Crippen LogP contribution in [0.4, 0.5) is 0 Å². The van der Waals surface area contributed by atoms with E-state index in [4.69, 9.17) is 16.3 Å². The van der Waals surface area contributed by atoms with E-state index in [2.05, 4.69) is 5.10 Å². The van der Waals surface area contributed by atoms with Gasteiger partial charge in [0.2, 0.25) is 0 Å². The second-order valence-electron chi connectivity index (χ2n) is 4.87. The molecule has 0 spiro atoms. The predicted octanol–water partition coefficient (Wildman–Crippen LogP) is 2.57. The van der Waals surface area contributed by atoms with Gasteiger partial charge in [0.25, 0.3) is 5.56 Å². The molecule has 1 aromatic heterocycles. The molecule has 2 rings (SSSR count). The van der Waals surface area contributed by atoms with Crippen LogP contribution in [0.5, 0.6) is 0 Å². The first-order valence-corrected chi connectivity index (χ1v) is 7.32. The maximum absolute atomic E-state index is 12.5. The molecule has 0 fully saturated rings. The Labute approximate surface area is 137 Å². The van der Waals surface area contributed by atoms with Crippen LogP contribution in [0.15, 0.2) is 29.1 Å². The fourth-order valence-electron chi connectivity index (χ4n) is 1.91. The Kier molecular flexibility index (Phi) is 4.95. The number of carbonyl (C=O) groups is 2. The Morgan fingerprint density at radius 3 is 2.57 bits per heavy atom. The zero-order chi connectivity index (χ0) is 17.1. The van der Waals surface area contributed by atoms with Crippen LogP contribution in [0.2, 0.25) is 5.02 Å². The van der Waals surface area contributed by atoms with Gasteiger partial charge in [0.05, 0.1) is 12.3 Å². The number of carbonyl (C=O) groups excluding carboxylic acids is 2. The quantitative estimate of drug-likeness (QED) is 0.634. The summed E-state index contributed by atoms with van der Waals surface area (Å²) in [7, 11) is 0. The fraction of sp³-hybridized carbons (Fsp3) is 0.250. The maximum atomic E-state index is 12.5. The molecular formula is C16H15ClN2O4. The molecule has 0 N–H and O–H groups in total. The molecule has 1 heterocycles. The van der Waals surface area contributed by atoms with E-state index in [0.717, 1.165) is 16.3 Å². The van der Waals surface area contributed by atoms with Gasteiger partial charge in [-0.15, -0.1) is 0 Å². The zero-order valence-corrected chi connectivity index (χ0v) is 13.7. The normalized spacial score (nSPS) is 10.4. The fourth-order valence-corrected chi connectivity index (χ4v) is 2.08. The number of benzene rings is 1. The van der Waals surface area contributed by atoms with E-state index in [1.54, 1.807) is 25.1 Å². The Morgan fingerprint density at radius 1 is 1.30 bits per heavy atom. The highest BCUT2D eigenvalue weighted by Gasteiger charge is 2.19. The number of hydrogen-bond acceptors (Lipinski definition) is 5. The van der Waals surface area contributed by atoms with Gasteiger partial charge in [-0.3, -0.25) is 9.59 Å². The molecule has 0 amide bonds. The number of Topliss-reactive ketones (excluding diaryl/α,β-unsaturated/α-hetero) is 1. The first kappa shape index (κ1) is 16.9. The van der Waals surface area contributed by atoms with Crippen LogP contribution in [0, 0.1) is 6.92 Å². The molecule has 0 saturated carbocycles. The minimum Gasteiger partial charge on any atom is -0.462 e. The number of rotatable bonds is 4. The van der Waals surface area contributed by atoms with E-state index in [0.29, 0.717) is 10.7 Å². The molecule has 0 atom stereocenters. The number of aryl methyl sites for hydroxylation is 1. The van der Waals surface area contributed by atoms with Crippen molar-refractivity contribution in [1.29, 1.82) is 0 Å². The lowest BCUT2D eigenvalue weighted by atomic mass is 10.2. The lowest BCUT2D eigenvalue weighted by Crippen LogP contribution is -2.30. The number of nitrogens with zero attached hydrogens (tertiary/aromatic N) is 2. The zero-order valence-electron chi connectivity index (χ0n) is 12.9. The molecule has 2 aromatic rings. The average Bonchev–Trinajstić information content (AvgIpc) is 2.50. The first-order valence-electron chi connectivity index (χ1n) is 6.94. The molecule has 7 heteroatoms. The highest BCUT2D eigenvalue weighted by molar-refractivity contribution is 6.31. The second-order valence-corrected chi connectivity index (χ2v) is 5.28. The van der Waals surface area contributed by atoms with E-state index >= 15 is 0 Å². The summed E-state index contributed by atoms with van der Waals surface area (Å²) in [6.45, 7) is 4.86. The van der Waals surface area contributed by atoms with Gasteiger partial charge in [-0.1, -0.05) is 17.7 Å². The third-order valence-corrected chi connectivity index (χ3v) is 3.57. The second kappa shape index (κ2) is 6.75. The van der Waals surface area contributed by atoms with Crippen molar-refractivity contribution in [3.8, 4) is 5.69 Å². The monoisotopic (exact) mass is 334 g/mol. The third kappa shape index (κ3) is 3.48. The topological polar surface area (TPSA) is 78.3 Å². The summed E-state index contributed by atoms with van der Waals surface area (Å²) in [5, 5.41) is 4.45. The number of ketones is 1. The summed E-state index contributed by atoms with van der Waals surface area (Å²) in [6.07, 6.45) is 0. The first-order chi connectivity index (χ1) is 10.8. The summed E-state index contributed by atoms with van der Waals surface area (Å²) in [6, 6.07) is 6.05. The summed E-state index contributed by atoms with van der Waals surface area (Å²) in [5.41, 5.74) is 0.262. The van der Waals surface area contributed by atoms with E-state index in [-0.39, 0.29) is 23.6 Å². The highest BCUT2D eigenvalue weighted by Crippen LogP contribution is 2.18. The molecular weight excluding hydrogens is 320 g/mol. The number of aromatic nitrogens is 2. The minimum atomic E-state index is -0.797. The molecule has 1 aromatic carbocycles. The van der Waals surface area contributed by atoms with E-state index < -0.39 is 11.5 Å². The van der Waals surface area contributed by atoms with Crippen LogP contribution in [0.1, 0.15) is 40.3 Å².